The molecule has 4 fully saturated rings. The molecule has 1 aromatic rings. The zero-order valence-corrected chi connectivity index (χ0v) is 30.7. The summed E-state index contributed by atoms with van der Waals surface area (Å²) in [6, 6.07) is 11.0. The zero-order chi connectivity index (χ0) is 35.4. The molecular formula is C36H52O11Si. The maximum absolute atomic E-state index is 14.0. The van der Waals surface area contributed by atoms with E-state index >= 15 is 0 Å². The maximum atomic E-state index is 14.0. The van der Waals surface area contributed by atoms with Gasteiger partial charge in [-0.25, -0.2) is 4.79 Å². The van der Waals surface area contributed by atoms with Crippen LogP contribution in [0.4, 0.5) is 0 Å². The van der Waals surface area contributed by atoms with Gasteiger partial charge in [0.1, 0.15) is 18.3 Å². The minimum absolute atomic E-state index is 0.00133. The number of fused-ring (bicyclic) bond motifs is 6. The van der Waals surface area contributed by atoms with Crippen molar-refractivity contribution in [1.29, 1.82) is 0 Å². The lowest BCUT2D eigenvalue weighted by Crippen LogP contribution is -2.87. The van der Waals surface area contributed by atoms with E-state index in [0.717, 1.165) is 18.1 Å². The van der Waals surface area contributed by atoms with Gasteiger partial charge in [0.2, 0.25) is 5.79 Å². The lowest BCUT2D eigenvalue weighted by Gasteiger charge is -2.73. The fourth-order valence-electron chi connectivity index (χ4n) is 9.25. The van der Waals surface area contributed by atoms with E-state index in [4.69, 9.17) is 28.1 Å². The standard InChI is InChI=1S/C36H52O11Si/c1-10-48(11-2,12-3)47-25-18-26-35(20-42-26,45-23(6)39)29-28(44-32(40)24-16-14-13-15-17-24)31-33(7,8)27(21(4)19-37)30(43-22(5)38)36(41,46-31)34(25,29)9/h13-17,25-26,28-31,37,41H,10-12,18-20H2,1-9H3/b27-21-/t25-,26+,28-,29-,30+,31+,34+,35-,36+/m0/s1. The monoisotopic (exact) mass is 688 g/mol. The molecule has 1 aliphatic carbocycles. The van der Waals surface area contributed by atoms with Crippen molar-refractivity contribution in [2.75, 3.05) is 13.2 Å². The summed E-state index contributed by atoms with van der Waals surface area (Å²) in [4.78, 5) is 39.7. The number of carbonyl (C=O) groups is 3. The first-order chi connectivity index (χ1) is 22.5. The third kappa shape index (κ3) is 5.38. The summed E-state index contributed by atoms with van der Waals surface area (Å²) < 4.78 is 39.0. The second kappa shape index (κ2) is 12.9. The highest BCUT2D eigenvalue weighted by Crippen LogP contribution is 2.69. The van der Waals surface area contributed by atoms with Crippen molar-refractivity contribution in [3.63, 3.8) is 0 Å². The summed E-state index contributed by atoms with van der Waals surface area (Å²) in [6.45, 7) is 15.7. The molecule has 2 N–H and O–H groups in total. The first-order valence-corrected chi connectivity index (χ1v) is 19.7. The van der Waals surface area contributed by atoms with E-state index < -0.39 is 84.9 Å². The van der Waals surface area contributed by atoms with Crippen molar-refractivity contribution in [2.45, 2.75) is 129 Å². The minimum atomic E-state index is -2.42. The molecule has 3 aliphatic heterocycles. The van der Waals surface area contributed by atoms with Crippen LogP contribution in [-0.4, -0.2) is 91.6 Å². The lowest BCUT2D eigenvalue weighted by atomic mass is 9.45. The lowest BCUT2D eigenvalue weighted by molar-refractivity contribution is -0.458. The van der Waals surface area contributed by atoms with Crippen LogP contribution in [0.3, 0.4) is 0 Å². The van der Waals surface area contributed by atoms with Gasteiger partial charge in [0.05, 0.1) is 36.2 Å². The number of rotatable bonds is 10. The van der Waals surface area contributed by atoms with Crippen LogP contribution in [0.15, 0.2) is 41.5 Å². The largest absolute Gasteiger partial charge is 0.455 e. The second-order valence-electron chi connectivity index (χ2n) is 14.7. The Balaban J connectivity index is 1.84. The maximum Gasteiger partial charge on any atom is 0.338 e. The fraction of sp³-hybridized carbons (Fsp3) is 0.694. The molecule has 1 aromatic carbocycles. The molecule has 266 valence electrons. The predicted octanol–water partition coefficient (Wildman–Crippen LogP) is 4.70. The molecule has 0 unspecified atom stereocenters. The van der Waals surface area contributed by atoms with Crippen LogP contribution in [0.2, 0.25) is 18.1 Å². The quantitative estimate of drug-likeness (QED) is 0.153. The van der Waals surface area contributed by atoms with E-state index in [1.807, 2.05) is 20.8 Å². The number of ether oxygens (including phenoxy) is 5. The molecule has 2 bridgehead atoms. The van der Waals surface area contributed by atoms with Gasteiger partial charge in [-0.15, -0.1) is 0 Å². The molecular weight excluding hydrogens is 636 g/mol. The highest BCUT2D eigenvalue weighted by Gasteiger charge is 2.83. The Morgan fingerprint density at radius 1 is 0.958 bits per heavy atom. The number of carbonyl (C=O) groups excluding carboxylic acids is 3. The van der Waals surface area contributed by atoms with Crippen LogP contribution in [0, 0.1) is 16.7 Å². The van der Waals surface area contributed by atoms with Gasteiger partial charge in [-0.05, 0) is 48.3 Å². The van der Waals surface area contributed by atoms with Crippen molar-refractivity contribution in [3.8, 4) is 0 Å². The summed E-state index contributed by atoms with van der Waals surface area (Å²) in [5.74, 6) is -5.00. The van der Waals surface area contributed by atoms with Crippen LogP contribution in [0.5, 0.6) is 0 Å². The van der Waals surface area contributed by atoms with Crippen molar-refractivity contribution in [1.82, 2.24) is 0 Å². The van der Waals surface area contributed by atoms with Crippen LogP contribution >= 0.6 is 0 Å². The van der Waals surface area contributed by atoms with Gasteiger partial charge in [-0.2, -0.15) is 0 Å². The normalized spacial score (nSPS) is 37.6. The van der Waals surface area contributed by atoms with Crippen molar-refractivity contribution in [2.24, 2.45) is 16.7 Å². The average Bonchev–Trinajstić information content (AvgIpc) is 3.04. The molecule has 0 aromatic heterocycles. The van der Waals surface area contributed by atoms with Gasteiger partial charge in [0.25, 0.3) is 0 Å². The molecule has 9 atom stereocenters. The molecule has 3 heterocycles. The van der Waals surface area contributed by atoms with Gasteiger partial charge < -0.3 is 38.3 Å². The van der Waals surface area contributed by atoms with E-state index in [9.17, 15) is 24.6 Å². The van der Waals surface area contributed by atoms with Crippen molar-refractivity contribution < 1.29 is 52.7 Å². The predicted molar refractivity (Wildman–Crippen MR) is 177 cm³/mol. The number of hydrogen-bond acceptors (Lipinski definition) is 11. The molecule has 0 spiro atoms. The van der Waals surface area contributed by atoms with Gasteiger partial charge in [0, 0.05) is 25.7 Å². The van der Waals surface area contributed by atoms with Crippen LogP contribution in [0.25, 0.3) is 0 Å². The molecule has 5 rings (SSSR count). The molecule has 1 saturated carbocycles. The summed E-state index contributed by atoms with van der Waals surface area (Å²) in [5.41, 5.74) is -2.62. The Hall–Kier alpha value is -2.61. The minimum Gasteiger partial charge on any atom is -0.455 e. The van der Waals surface area contributed by atoms with Crippen molar-refractivity contribution in [3.05, 3.63) is 47.0 Å². The highest BCUT2D eigenvalue weighted by atomic mass is 28.4. The molecule has 4 aliphatic rings. The first kappa shape index (κ1) is 36.7. The SMILES string of the molecule is CC[Si](CC)(CC)O[C@H]1C[C@H]2OC[C@@]2(OC(C)=O)[C@H]2[C@H](OC(=O)c3ccccc3)[C@H]3O[C@](O)([C@H](OC(C)=O)/C(=C(\C)CO)C3(C)C)[C@]12C. The van der Waals surface area contributed by atoms with E-state index in [1.165, 1.54) is 13.8 Å². The Bertz CT molecular complexity index is 1430. The van der Waals surface area contributed by atoms with E-state index in [1.54, 1.807) is 37.3 Å². The summed E-state index contributed by atoms with van der Waals surface area (Å²) >= 11 is 0. The third-order valence-corrected chi connectivity index (χ3v) is 16.6. The van der Waals surface area contributed by atoms with Crippen molar-refractivity contribution >= 4 is 26.2 Å². The third-order valence-electron chi connectivity index (χ3n) is 11.9. The van der Waals surface area contributed by atoms with E-state index in [-0.39, 0.29) is 19.6 Å². The van der Waals surface area contributed by atoms with Crippen LogP contribution in [-0.2, 0) is 37.7 Å². The number of aliphatic hydroxyl groups is 2. The Labute approximate surface area is 284 Å². The molecule has 0 amide bonds. The molecule has 48 heavy (non-hydrogen) atoms. The summed E-state index contributed by atoms with van der Waals surface area (Å²) in [5, 5.41) is 23.8. The smallest absolute Gasteiger partial charge is 0.338 e. The first-order valence-electron chi connectivity index (χ1n) is 17.1. The van der Waals surface area contributed by atoms with Gasteiger partial charge >= 0.3 is 17.9 Å². The Morgan fingerprint density at radius 3 is 2.08 bits per heavy atom. The molecule has 0 radical (unpaired) electrons. The Morgan fingerprint density at radius 2 is 1.58 bits per heavy atom. The molecule has 11 nitrogen and oxygen atoms in total. The number of aliphatic hydroxyl groups excluding tert-OH is 1. The number of hydrogen-bond donors (Lipinski definition) is 2. The van der Waals surface area contributed by atoms with E-state index in [0.29, 0.717) is 16.7 Å². The highest BCUT2D eigenvalue weighted by molar-refractivity contribution is 6.73. The second-order valence-corrected chi connectivity index (χ2v) is 19.5. The van der Waals surface area contributed by atoms with Gasteiger partial charge in [-0.3, -0.25) is 9.59 Å². The average molecular weight is 689 g/mol. The number of esters is 3. The zero-order valence-electron chi connectivity index (χ0n) is 29.7. The summed E-state index contributed by atoms with van der Waals surface area (Å²) in [6.07, 6.45) is -4.62. The van der Waals surface area contributed by atoms with Crippen LogP contribution < -0.4 is 0 Å². The number of benzene rings is 1. The van der Waals surface area contributed by atoms with Gasteiger partial charge in [-0.1, -0.05) is 59.7 Å². The van der Waals surface area contributed by atoms with Gasteiger partial charge in [0.15, 0.2) is 20.0 Å². The van der Waals surface area contributed by atoms with E-state index in [2.05, 4.69) is 20.8 Å². The molecule has 12 heteroatoms. The van der Waals surface area contributed by atoms with Crippen LogP contribution in [0.1, 0.15) is 79.1 Å². The summed E-state index contributed by atoms with van der Waals surface area (Å²) in [7, 11) is -2.42. The topological polar surface area (TPSA) is 147 Å². The Kier molecular flexibility index (Phi) is 9.88. The molecule has 3 saturated heterocycles. The fourth-order valence-corrected chi connectivity index (χ4v) is 12.2.